The van der Waals surface area contributed by atoms with E-state index in [2.05, 4.69) is 19.2 Å². The molecule has 20 heavy (non-hydrogen) atoms. The van der Waals surface area contributed by atoms with Crippen LogP contribution < -0.4 is 5.32 Å². The van der Waals surface area contributed by atoms with E-state index in [0.717, 1.165) is 11.8 Å². The molecule has 2 rings (SSSR count). The van der Waals surface area contributed by atoms with E-state index in [1.54, 1.807) is 0 Å². The highest BCUT2D eigenvalue weighted by Gasteiger charge is 2.36. The third kappa shape index (κ3) is 4.19. The van der Waals surface area contributed by atoms with Crippen molar-refractivity contribution < 1.29 is 15.0 Å². The molecule has 0 aromatic rings. The van der Waals surface area contributed by atoms with Gasteiger partial charge in [-0.1, -0.05) is 13.8 Å². The van der Waals surface area contributed by atoms with E-state index in [-0.39, 0.29) is 5.92 Å². The van der Waals surface area contributed by atoms with Crippen molar-refractivity contribution >= 4 is 5.97 Å². The molecule has 3 N–H and O–H groups in total. The average molecular weight is 283 g/mol. The first-order chi connectivity index (χ1) is 9.38. The third-order valence-electron chi connectivity index (χ3n) is 5.16. The van der Waals surface area contributed by atoms with Crippen LogP contribution in [0, 0.1) is 17.8 Å². The summed E-state index contributed by atoms with van der Waals surface area (Å²) in [5.74, 6) is 0.544. The molecule has 0 aromatic heterocycles. The lowest BCUT2D eigenvalue weighted by molar-refractivity contribution is -0.144. The van der Waals surface area contributed by atoms with E-state index in [9.17, 15) is 9.90 Å². The molecule has 4 nitrogen and oxygen atoms in total. The van der Waals surface area contributed by atoms with Gasteiger partial charge in [-0.05, 0) is 56.8 Å². The second kappa shape index (κ2) is 6.44. The Morgan fingerprint density at radius 2 is 1.70 bits per heavy atom. The average Bonchev–Trinajstić information content (AvgIpc) is 2.36. The van der Waals surface area contributed by atoms with E-state index in [1.807, 2.05) is 0 Å². The van der Waals surface area contributed by atoms with Crippen LogP contribution in [0.2, 0.25) is 0 Å². The van der Waals surface area contributed by atoms with Gasteiger partial charge in [0, 0.05) is 12.6 Å². The van der Waals surface area contributed by atoms with Crippen LogP contribution in [0.15, 0.2) is 0 Å². The van der Waals surface area contributed by atoms with Crippen molar-refractivity contribution in [3.05, 3.63) is 0 Å². The van der Waals surface area contributed by atoms with Crippen molar-refractivity contribution in [2.75, 3.05) is 6.54 Å². The summed E-state index contributed by atoms with van der Waals surface area (Å²) in [5, 5.41) is 23.1. The van der Waals surface area contributed by atoms with Gasteiger partial charge in [-0.15, -0.1) is 0 Å². The summed E-state index contributed by atoms with van der Waals surface area (Å²) in [5.41, 5.74) is -0.699. The van der Waals surface area contributed by atoms with Gasteiger partial charge in [0.15, 0.2) is 0 Å². The van der Waals surface area contributed by atoms with Crippen LogP contribution in [-0.4, -0.2) is 34.4 Å². The zero-order chi connectivity index (χ0) is 14.8. The summed E-state index contributed by atoms with van der Waals surface area (Å²) in [7, 11) is 0. The SMILES string of the molecule is CC1CC(C)CC(NCC2(O)CCC(C(=O)O)CC2)C1. The van der Waals surface area contributed by atoms with E-state index < -0.39 is 11.6 Å². The molecule has 2 unspecified atom stereocenters. The number of hydrogen-bond acceptors (Lipinski definition) is 3. The molecule has 0 bridgehead atoms. The highest BCUT2D eigenvalue weighted by molar-refractivity contribution is 5.70. The van der Waals surface area contributed by atoms with Gasteiger partial charge in [-0.3, -0.25) is 4.79 Å². The Kier molecular flexibility index (Phi) is 5.08. The number of aliphatic hydroxyl groups is 1. The van der Waals surface area contributed by atoms with Gasteiger partial charge in [0.05, 0.1) is 11.5 Å². The summed E-state index contributed by atoms with van der Waals surface area (Å²) in [6.45, 7) is 5.22. The molecule has 0 saturated heterocycles. The molecule has 0 aromatic carbocycles. The molecular weight excluding hydrogens is 254 g/mol. The van der Waals surface area contributed by atoms with Crippen molar-refractivity contribution in [3.63, 3.8) is 0 Å². The molecule has 2 aliphatic rings. The molecular formula is C16H29NO3. The molecule has 4 heteroatoms. The second-order valence-corrected chi connectivity index (χ2v) is 7.33. The van der Waals surface area contributed by atoms with E-state index in [1.165, 1.54) is 19.3 Å². The van der Waals surface area contributed by atoms with Gasteiger partial charge >= 0.3 is 5.97 Å². The Labute approximate surface area is 122 Å². The van der Waals surface area contributed by atoms with Gasteiger partial charge < -0.3 is 15.5 Å². The van der Waals surface area contributed by atoms with Crippen LogP contribution in [0.3, 0.4) is 0 Å². The molecule has 0 heterocycles. The minimum atomic E-state index is -0.713. The molecule has 0 radical (unpaired) electrons. The van der Waals surface area contributed by atoms with E-state index in [0.29, 0.717) is 38.3 Å². The maximum atomic E-state index is 10.9. The van der Waals surface area contributed by atoms with Gasteiger partial charge in [0.2, 0.25) is 0 Å². The molecule has 2 aliphatic carbocycles. The van der Waals surface area contributed by atoms with E-state index in [4.69, 9.17) is 5.11 Å². The van der Waals surface area contributed by atoms with Crippen molar-refractivity contribution in [3.8, 4) is 0 Å². The van der Waals surface area contributed by atoms with Crippen LogP contribution in [0.25, 0.3) is 0 Å². The second-order valence-electron chi connectivity index (χ2n) is 7.33. The Morgan fingerprint density at radius 3 is 2.20 bits per heavy atom. The number of carboxylic acid groups (broad SMARTS) is 1. The fourth-order valence-corrected chi connectivity index (χ4v) is 4.03. The number of carboxylic acids is 1. The van der Waals surface area contributed by atoms with Gasteiger partial charge in [0.1, 0.15) is 0 Å². The quantitative estimate of drug-likeness (QED) is 0.741. The monoisotopic (exact) mass is 283 g/mol. The summed E-state index contributed by atoms with van der Waals surface area (Å²) in [4.78, 5) is 10.9. The lowest BCUT2D eigenvalue weighted by Gasteiger charge is -2.38. The van der Waals surface area contributed by atoms with Crippen molar-refractivity contribution in [2.45, 2.75) is 70.4 Å². The van der Waals surface area contributed by atoms with Crippen LogP contribution in [0.1, 0.15) is 58.8 Å². The van der Waals surface area contributed by atoms with Crippen LogP contribution in [0.5, 0.6) is 0 Å². The Balaban J connectivity index is 1.77. The fourth-order valence-electron chi connectivity index (χ4n) is 4.03. The van der Waals surface area contributed by atoms with Crippen LogP contribution in [0.4, 0.5) is 0 Å². The van der Waals surface area contributed by atoms with Gasteiger partial charge in [-0.2, -0.15) is 0 Å². The molecule has 2 atom stereocenters. The van der Waals surface area contributed by atoms with Crippen molar-refractivity contribution in [2.24, 2.45) is 17.8 Å². The first-order valence-electron chi connectivity index (χ1n) is 8.06. The summed E-state index contributed by atoms with van der Waals surface area (Å²) < 4.78 is 0. The smallest absolute Gasteiger partial charge is 0.306 e. The lowest BCUT2D eigenvalue weighted by atomic mass is 9.77. The highest BCUT2D eigenvalue weighted by Crippen LogP contribution is 2.33. The largest absolute Gasteiger partial charge is 0.481 e. The first-order valence-corrected chi connectivity index (χ1v) is 8.06. The maximum Gasteiger partial charge on any atom is 0.306 e. The summed E-state index contributed by atoms with van der Waals surface area (Å²) in [6.07, 6.45) is 6.11. The normalized spacial score (nSPS) is 42.4. The van der Waals surface area contributed by atoms with Crippen molar-refractivity contribution in [1.82, 2.24) is 5.32 Å². The topological polar surface area (TPSA) is 69.6 Å². The molecule has 2 fully saturated rings. The zero-order valence-electron chi connectivity index (χ0n) is 12.8. The third-order valence-corrected chi connectivity index (χ3v) is 5.16. The highest BCUT2D eigenvalue weighted by atomic mass is 16.4. The molecule has 0 spiro atoms. The van der Waals surface area contributed by atoms with Crippen molar-refractivity contribution in [1.29, 1.82) is 0 Å². The predicted molar refractivity (Wildman–Crippen MR) is 78.5 cm³/mol. The molecule has 2 saturated carbocycles. The number of nitrogens with one attached hydrogen (secondary N) is 1. The number of aliphatic carboxylic acids is 1. The minimum Gasteiger partial charge on any atom is -0.481 e. The maximum absolute atomic E-state index is 10.9. The lowest BCUT2D eigenvalue weighted by Crippen LogP contribution is -2.48. The zero-order valence-corrected chi connectivity index (χ0v) is 12.8. The van der Waals surface area contributed by atoms with Gasteiger partial charge in [-0.25, -0.2) is 0 Å². The molecule has 0 aliphatic heterocycles. The number of hydrogen-bond donors (Lipinski definition) is 3. The summed E-state index contributed by atoms with van der Waals surface area (Å²) in [6, 6.07) is 0.509. The fraction of sp³-hybridized carbons (Fsp3) is 0.938. The van der Waals surface area contributed by atoms with E-state index >= 15 is 0 Å². The first kappa shape index (κ1) is 15.8. The van der Waals surface area contributed by atoms with Crippen LogP contribution in [-0.2, 0) is 4.79 Å². The molecule has 0 amide bonds. The van der Waals surface area contributed by atoms with Gasteiger partial charge in [0.25, 0.3) is 0 Å². The number of carbonyl (C=O) groups is 1. The Bertz CT molecular complexity index is 327. The molecule has 116 valence electrons. The number of rotatable bonds is 4. The Hall–Kier alpha value is -0.610. The van der Waals surface area contributed by atoms with Crippen LogP contribution >= 0.6 is 0 Å². The minimum absolute atomic E-state index is 0.259. The standard InChI is InChI=1S/C16H29NO3/c1-11-7-12(2)9-14(8-11)17-10-16(20)5-3-13(4-6-16)15(18)19/h11-14,17,20H,3-10H2,1-2H3,(H,18,19). The predicted octanol–water partition coefficient (Wildman–Crippen LogP) is 2.41. The Morgan fingerprint density at radius 1 is 1.15 bits per heavy atom. The summed E-state index contributed by atoms with van der Waals surface area (Å²) >= 11 is 0.